The molecule has 4 atom stereocenters. The van der Waals surface area contributed by atoms with Crippen molar-refractivity contribution in [2.45, 2.75) is 50.7 Å². The maximum atomic E-state index is 11.2. The van der Waals surface area contributed by atoms with Crippen LogP contribution in [0.25, 0.3) is 0 Å². The van der Waals surface area contributed by atoms with E-state index >= 15 is 0 Å². The normalized spacial score (nSPS) is 26.8. The van der Waals surface area contributed by atoms with Gasteiger partial charge in [0.15, 0.2) is 5.76 Å². The van der Waals surface area contributed by atoms with Gasteiger partial charge < -0.3 is 14.7 Å². The highest BCUT2D eigenvalue weighted by molar-refractivity contribution is 8.03. The lowest BCUT2D eigenvalue weighted by atomic mass is 9.88. The number of thioether (sulfide) groups is 1. The smallest absolute Gasteiger partial charge is 0.449 e. The molecule has 1 aromatic rings. The van der Waals surface area contributed by atoms with E-state index in [0.29, 0.717) is 11.0 Å². The van der Waals surface area contributed by atoms with Gasteiger partial charge >= 0.3 is 6.16 Å². The maximum absolute atomic E-state index is 11.2. The summed E-state index contributed by atoms with van der Waals surface area (Å²) in [7, 11) is 0. The molecule has 156 valence electrons. The van der Waals surface area contributed by atoms with Gasteiger partial charge in [-0.3, -0.25) is 0 Å². The van der Waals surface area contributed by atoms with Crippen molar-refractivity contribution in [2.24, 2.45) is 17.8 Å². The summed E-state index contributed by atoms with van der Waals surface area (Å²) in [6.07, 6.45) is 10.2. The minimum atomic E-state index is -1.23. The molecule has 0 radical (unpaired) electrons. The van der Waals surface area contributed by atoms with Crippen LogP contribution in [-0.2, 0) is 11.2 Å². The largest absolute Gasteiger partial charge is 0.511 e. The second-order valence-corrected chi connectivity index (χ2v) is 10.2. The molecule has 2 bridgehead atoms. The Morgan fingerprint density at radius 3 is 2.79 bits per heavy atom. The molecule has 5 heteroatoms. The average Bonchev–Trinajstić information content (AvgIpc) is 3.32. The van der Waals surface area contributed by atoms with Gasteiger partial charge in [0.2, 0.25) is 0 Å². The molecular weight excluding hydrogens is 382 g/mol. The highest BCUT2D eigenvalue weighted by atomic mass is 32.2. The van der Waals surface area contributed by atoms with Crippen molar-refractivity contribution >= 4 is 17.9 Å². The monoisotopic (exact) mass is 413 g/mol. The molecule has 4 rings (SSSR count). The second-order valence-electron chi connectivity index (χ2n) is 8.73. The molecule has 2 aliphatic carbocycles. The molecular formula is C24H31NO3S. The molecule has 2 saturated carbocycles. The molecule has 1 N–H and O–H groups in total. The van der Waals surface area contributed by atoms with Gasteiger partial charge in [0, 0.05) is 18.3 Å². The van der Waals surface area contributed by atoms with Crippen LogP contribution in [0.5, 0.6) is 0 Å². The van der Waals surface area contributed by atoms with Crippen molar-refractivity contribution in [2.75, 3.05) is 13.1 Å². The van der Waals surface area contributed by atoms with E-state index in [1.807, 2.05) is 18.2 Å². The van der Waals surface area contributed by atoms with Crippen LogP contribution >= 0.6 is 11.8 Å². The Morgan fingerprint density at radius 1 is 1.28 bits per heavy atom. The molecule has 1 aliphatic heterocycles. The lowest BCUT2D eigenvalue weighted by Crippen LogP contribution is -2.33. The third-order valence-corrected chi connectivity index (χ3v) is 7.95. The van der Waals surface area contributed by atoms with Gasteiger partial charge in [0.25, 0.3) is 0 Å². The van der Waals surface area contributed by atoms with Crippen LogP contribution in [-0.4, -0.2) is 34.5 Å². The predicted molar refractivity (Wildman–Crippen MR) is 118 cm³/mol. The fourth-order valence-electron chi connectivity index (χ4n) is 5.21. The van der Waals surface area contributed by atoms with E-state index in [0.717, 1.165) is 48.7 Å². The standard InChI is InChI=1S/C24H31NO3S/c1-17(9-10-18-6-3-2-4-7-18)29-23-22(28-24(26)27)8-5-13-25(23)16-21-15-19-11-12-20(21)14-19/h2-8,17,19-21H,9-16H2,1H3,(H,26,27). The highest BCUT2D eigenvalue weighted by Crippen LogP contribution is 2.49. The Kier molecular flexibility index (Phi) is 6.53. The van der Waals surface area contributed by atoms with Crippen molar-refractivity contribution < 1.29 is 14.6 Å². The summed E-state index contributed by atoms with van der Waals surface area (Å²) in [6, 6.07) is 10.5. The summed E-state index contributed by atoms with van der Waals surface area (Å²) in [5, 5.41) is 10.6. The molecule has 29 heavy (non-hydrogen) atoms. The maximum Gasteiger partial charge on any atom is 0.511 e. The summed E-state index contributed by atoms with van der Waals surface area (Å²) in [5.74, 6) is 3.01. The van der Waals surface area contributed by atoms with Crippen LogP contribution in [0.4, 0.5) is 4.79 Å². The minimum absolute atomic E-state index is 0.381. The topological polar surface area (TPSA) is 49.8 Å². The molecule has 0 spiro atoms. The van der Waals surface area contributed by atoms with E-state index in [9.17, 15) is 9.90 Å². The third kappa shape index (κ3) is 5.19. The summed E-state index contributed by atoms with van der Waals surface area (Å²) in [4.78, 5) is 13.6. The van der Waals surface area contributed by atoms with Gasteiger partial charge in [0.05, 0.1) is 0 Å². The quantitative estimate of drug-likeness (QED) is 0.537. The van der Waals surface area contributed by atoms with Crippen molar-refractivity contribution in [1.29, 1.82) is 0 Å². The predicted octanol–water partition coefficient (Wildman–Crippen LogP) is 5.91. The average molecular weight is 414 g/mol. The fourth-order valence-corrected chi connectivity index (χ4v) is 6.35. The summed E-state index contributed by atoms with van der Waals surface area (Å²) >= 11 is 1.77. The summed E-state index contributed by atoms with van der Waals surface area (Å²) in [6.45, 7) is 4.09. The highest BCUT2D eigenvalue weighted by Gasteiger charge is 2.40. The molecule has 1 heterocycles. The lowest BCUT2D eigenvalue weighted by molar-refractivity contribution is 0.118. The minimum Gasteiger partial charge on any atom is -0.449 e. The first kappa shape index (κ1) is 20.4. The summed E-state index contributed by atoms with van der Waals surface area (Å²) in [5.41, 5.74) is 1.35. The van der Waals surface area contributed by atoms with Crippen molar-refractivity contribution in [3.8, 4) is 0 Å². The van der Waals surface area contributed by atoms with Gasteiger partial charge in [-0.05, 0) is 61.5 Å². The number of ether oxygens (including phenoxy) is 1. The van der Waals surface area contributed by atoms with E-state index in [-0.39, 0.29) is 0 Å². The van der Waals surface area contributed by atoms with Crippen molar-refractivity contribution in [3.05, 3.63) is 58.8 Å². The molecule has 3 aliphatic rings. The van der Waals surface area contributed by atoms with Crippen LogP contribution < -0.4 is 0 Å². The first-order valence-electron chi connectivity index (χ1n) is 10.9. The lowest BCUT2D eigenvalue weighted by Gasteiger charge is -2.35. The SMILES string of the molecule is CC(CCc1ccccc1)SC1=C(OC(=O)O)C=CCN1CC1CC2CCC1C2. The van der Waals surface area contributed by atoms with Gasteiger partial charge in [0.1, 0.15) is 5.03 Å². The number of carbonyl (C=O) groups is 1. The van der Waals surface area contributed by atoms with E-state index in [4.69, 9.17) is 4.74 Å². The number of hydrogen-bond donors (Lipinski definition) is 1. The Bertz CT molecular complexity index is 776. The molecule has 0 aromatic heterocycles. The number of aryl methyl sites for hydroxylation is 1. The zero-order valence-corrected chi connectivity index (χ0v) is 17.9. The van der Waals surface area contributed by atoms with Crippen LogP contribution in [0.1, 0.15) is 44.6 Å². The number of benzene rings is 1. The van der Waals surface area contributed by atoms with E-state index in [2.05, 4.69) is 36.1 Å². The number of hydrogen-bond acceptors (Lipinski definition) is 4. The van der Waals surface area contributed by atoms with Crippen LogP contribution in [0.2, 0.25) is 0 Å². The molecule has 0 amide bonds. The van der Waals surface area contributed by atoms with Gasteiger partial charge in [-0.25, -0.2) is 4.79 Å². The number of nitrogens with zero attached hydrogens (tertiary/aromatic N) is 1. The second kappa shape index (κ2) is 9.29. The Balaban J connectivity index is 1.43. The number of rotatable bonds is 8. The molecule has 2 fully saturated rings. The molecule has 0 saturated heterocycles. The van der Waals surface area contributed by atoms with E-state index < -0.39 is 6.16 Å². The first-order chi connectivity index (χ1) is 14.1. The zero-order chi connectivity index (χ0) is 20.2. The molecule has 4 unspecified atom stereocenters. The van der Waals surface area contributed by atoms with Crippen LogP contribution in [0, 0.1) is 17.8 Å². The summed E-state index contributed by atoms with van der Waals surface area (Å²) < 4.78 is 5.17. The third-order valence-electron chi connectivity index (χ3n) is 6.62. The van der Waals surface area contributed by atoms with Crippen LogP contribution in [0.3, 0.4) is 0 Å². The number of allylic oxidation sites excluding steroid dienone is 1. The van der Waals surface area contributed by atoms with Crippen molar-refractivity contribution in [1.82, 2.24) is 4.90 Å². The van der Waals surface area contributed by atoms with Gasteiger partial charge in [-0.1, -0.05) is 49.8 Å². The Labute approximate surface area is 178 Å². The van der Waals surface area contributed by atoms with Gasteiger partial charge in [-0.15, -0.1) is 11.8 Å². The van der Waals surface area contributed by atoms with Gasteiger partial charge in [-0.2, -0.15) is 0 Å². The van der Waals surface area contributed by atoms with Crippen molar-refractivity contribution in [3.63, 3.8) is 0 Å². The fraction of sp³-hybridized carbons (Fsp3) is 0.542. The van der Waals surface area contributed by atoms with E-state index in [1.54, 1.807) is 11.8 Å². The van der Waals surface area contributed by atoms with E-state index in [1.165, 1.54) is 31.2 Å². The number of carboxylic acid groups (broad SMARTS) is 1. The molecule has 1 aromatic carbocycles. The molecule has 4 nitrogen and oxygen atoms in total. The Morgan fingerprint density at radius 2 is 2.10 bits per heavy atom. The van der Waals surface area contributed by atoms with Crippen LogP contribution in [0.15, 0.2) is 53.3 Å². The Hall–Kier alpha value is -1.88. The number of fused-ring (bicyclic) bond motifs is 2. The first-order valence-corrected chi connectivity index (χ1v) is 11.7. The zero-order valence-electron chi connectivity index (χ0n) is 17.1.